The highest BCUT2D eigenvalue weighted by Gasteiger charge is 2.04. The van der Waals surface area contributed by atoms with Crippen LogP contribution in [0.5, 0.6) is 5.75 Å². The van der Waals surface area contributed by atoms with Crippen molar-refractivity contribution in [3.63, 3.8) is 0 Å². The number of unbranched alkanes of at least 4 members (excludes halogenated alkanes) is 1. The number of carboxylic acid groups (broad SMARTS) is 1. The lowest BCUT2D eigenvalue weighted by Crippen LogP contribution is -2.01. The Labute approximate surface area is 124 Å². The Morgan fingerprint density at radius 2 is 1.86 bits per heavy atom. The standard InChI is InChI=1S/C17H19NO3/c1-2-3-4-13-5-7-14(8-6-13)12-21-15-9-10-16(17(19)20)18-11-15/h5-11H,2-4,12H2,1H3,(H,19,20). The van der Waals surface area contributed by atoms with Gasteiger partial charge in [-0.15, -0.1) is 0 Å². The first kappa shape index (κ1) is 15.0. The van der Waals surface area contributed by atoms with E-state index in [9.17, 15) is 4.79 Å². The summed E-state index contributed by atoms with van der Waals surface area (Å²) >= 11 is 0. The molecule has 4 nitrogen and oxygen atoms in total. The number of hydrogen-bond donors (Lipinski definition) is 1. The smallest absolute Gasteiger partial charge is 0.354 e. The van der Waals surface area contributed by atoms with Crippen molar-refractivity contribution in [3.8, 4) is 5.75 Å². The molecule has 1 aromatic heterocycles. The molecule has 0 atom stereocenters. The third kappa shape index (κ3) is 4.60. The van der Waals surface area contributed by atoms with Crippen molar-refractivity contribution in [2.75, 3.05) is 0 Å². The summed E-state index contributed by atoms with van der Waals surface area (Å²) in [7, 11) is 0. The minimum absolute atomic E-state index is 0.0163. The Balaban J connectivity index is 1.88. The largest absolute Gasteiger partial charge is 0.487 e. The van der Waals surface area contributed by atoms with Crippen LogP contribution >= 0.6 is 0 Å². The number of hydrogen-bond acceptors (Lipinski definition) is 3. The average molecular weight is 285 g/mol. The van der Waals surface area contributed by atoms with Crippen LogP contribution in [-0.4, -0.2) is 16.1 Å². The monoisotopic (exact) mass is 285 g/mol. The van der Waals surface area contributed by atoms with Crippen LogP contribution in [0.2, 0.25) is 0 Å². The molecule has 0 fully saturated rings. The zero-order chi connectivity index (χ0) is 15.1. The number of nitrogens with zero attached hydrogens (tertiary/aromatic N) is 1. The number of ether oxygens (including phenoxy) is 1. The number of carbonyl (C=O) groups is 1. The molecule has 0 unspecified atom stereocenters. The van der Waals surface area contributed by atoms with Crippen molar-refractivity contribution in [1.29, 1.82) is 0 Å². The fraction of sp³-hybridized carbons (Fsp3) is 0.294. The quantitative estimate of drug-likeness (QED) is 0.842. The van der Waals surface area contributed by atoms with E-state index in [1.807, 2.05) is 0 Å². The molecule has 2 rings (SSSR count). The average Bonchev–Trinajstić information content (AvgIpc) is 2.52. The van der Waals surface area contributed by atoms with Gasteiger partial charge in [0.2, 0.25) is 0 Å². The van der Waals surface area contributed by atoms with E-state index in [2.05, 4.69) is 36.2 Å². The maximum absolute atomic E-state index is 10.7. The maximum atomic E-state index is 10.7. The Bertz CT molecular complexity index is 576. The first-order chi connectivity index (χ1) is 10.2. The zero-order valence-electron chi connectivity index (χ0n) is 12.1. The molecule has 0 aliphatic carbocycles. The second kappa shape index (κ2) is 7.43. The van der Waals surface area contributed by atoms with Gasteiger partial charge in [-0.2, -0.15) is 0 Å². The third-order valence-electron chi connectivity index (χ3n) is 3.20. The van der Waals surface area contributed by atoms with E-state index in [4.69, 9.17) is 9.84 Å². The summed E-state index contributed by atoms with van der Waals surface area (Å²) < 4.78 is 5.59. The van der Waals surface area contributed by atoms with Gasteiger partial charge in [-0.1, -0.05) is 37.6 Å². The summed E-state index contributed by atoms with van der Waals surface area (Å²) in [5, 5.41) is 8.77. The van der Waals surface area contributed by atoms with Crippen LogP contribution in [0.1, 0.15) is 41.4 Å². The summed E-state index contributed by atoms with van der Waals surface area (Å²) in [6.07, 6.45) is 4.94. The van der Waals surface area contributed by atoms with Gasteiger partial charge in [-0.25, -0.2) is 9.78 Å². The molecule has 4 heteroatoms. The Hall–Kier alpha value is -2.36. The lowest BCUT2D eigenvalue weighted by Gasteiger charge is -2.07. The van der Waals surface area contributed by atoms with Crippen molar-refractivity contribution in [2.24, 2.45) is 0 Å². The van der Waals surface area contributed by atoms with Crippen LogP contribution in [0.4, 0.5) is 0 Å². The van der Waals surface area contributed by atoms with Gasteiger partial charge in [0, 0.05) is 0 Å². The molecule has 0 radical (unpaired) electrons. The summed E-state index contributed by atoms with van der Waals surface area (Å²) in [5.41, 5.74) is 2.44. The highest BCUT2D eigenvalue weighted by atomic mass is 16.5. The summed E-state index contributed by atoms with van der Waals surface area (Å²) in [4.78, 5) is 14.5. The van der Waals surface area contributed by atoms with Gasteiger partial charge in [0.1, 0.15) is 18.1 Å². The van der Waals surface area contributed by atoms with E-state index in [1.54, 1.807) is 6.07 Å². The van der Waals surface area contributed by atoms with Crippen LogP contribution in [0.25, 0.3) is 0 Å². The van der Waals surface area contributed by atoms with E-state index in [0.717, 1.165) is 12.0 Å². The van der Waals surface area contributed by atoms with Crippen molar-refractivity contribution >= 4 is 5.97 Å². The first-order valence-corrected chi connectivity index (χ1v) is 7.09. The fourth-order valence-corrected chi connectivity index (χ4v) is 1.94. The Morgan fingerprint density at radius 3 is 2.43 bits per heavy atom. The van der Waals surface area contributed by atoms with Crippen molar-refractivity contribution < 1.29 is 14.6 Å². The molecular formula is C17H19NO3. The predicted octanol–water partition coefficient (Wildman–Crippen LogP) is 3.70. The number of benzene rings is 1. The van der Waals surface area contributed by atoms with Gasteiger partial charge in [0.15, 0.2) is 0 Å². The molecule has 0 amide bonds. The summed E-state index contributed by atoms with van der Waals surface area (Å²) in [5.74, 6) is -0.473. The van der Waals surface area contributed by atoms with Crippen molar-refractivity contribution in [2.45, 2.75) is 32.8 Å². The van der Waals surface area contributed by atoms with Crippen molar-refractivity contribution in [3.05, 3.63) is 59.4 Å². The molecule has 0 aliphatic rings. The Morgan fingerprint density at radius 1 is 1.14 bits per heavy atom. The molecule has 0 aliphatic heterocycles. The fourth-order valence-electron chi connectivity index (χ4n) is 1.94. The minimum atomic E-state index is -1.04. The molecular weight excluding hydrogens is 266 g/mol. The molecule has 0 bridgehead atoms. The van der Waals surface area contributed by atoms with Crippen LogP contribution < -0.4 is 4.74 Å². The molecule has 1 heterocycles. The number of aromatic carboxylic acids is 1. The van der Waals surface area contributed by atoms with Gasteiger partial charge < -0.3 is 9.84 Å². The SMILES string of the molecule is CCCCc1ccc(COc2ccc(C(=O)O)nc2)cc1. The molecule has 1 aromatic carbocycles. The molecule has 0 saturated heterocycles. The topological polar surface area (TPSA) is 59.4 Å². The van der Waals surface area contributed by atoms with Crippen LogP contribution in [0, 0.1) is 0 Å². The Kier molecular flexibility index (Phi) is 5.32. The molecule has 2 aromatic rings. The molecule has 110 valence electrons. The van der Waals surface area contributed by atoms with E-state index < -0.39 is 5.97 Å². The first-order valence-electron chi connectivity index (χ1n) is 7.09. The normalized spacial score (nSPS) is 10.3. The minimum Gasteiger partial charge on any atom is -0.487 e. The molecule has 1 N–H and O–H groups in total. The van der Waals surface area contributed by atoms with E-state index in [1.165, 1.54) is 30.7 Å². The lowest BCUT2D eigenvalue weighted by molar-refractivity contribution is 0.0690. The number of carboxylic acids is 1. The second-order valence-corrected chi connectivity index (χ2v) is 4.89. The number of pyridine rings is 1. The highest BCUT2D eigenvalue weighted by Crippen LogP contribution is 2.13. The van der Waals surface area contributed by atoms with Gasteiger partial charge in [-0.05, 0) is 36.1 Å². The summed E-state index contributed by atoms with van der Waals surface area (Å²) in [6, 6.07) is 11.4. The molecule has 0 saturated carbocycles. The van der Waals surface area contributed by atoms with E-state index >= 15 is 0 Å². The third-order valence-corrected chi connectivity index (χ3v) is 3.20. The zero-order valence-corrected chi connectivity index (χ0v) is 12.1. The maximum Gasteiger partial charge on any atom is 0.354 e. The predicted molar refractivity (Wildman–Crippen MR) is 80.6 cm³/mol. The van der Waals surface area contributed by atoms with Gasteiger partial charge in [-0.3, -0.25) is 0 Å². The van der Waals surface area contributed by atoms with Gasteiger partial charge >= 0.3 is 5.97 Å². The van der Waals surface area contributed by atoms with Crippen molar-refractivity contribution in [1.82, 2.24) is 4.98 Å². The van der Waals surface area contributed by atoms with Gasteiger partial charge in [0.25, 0.3) is 0 Å². The van der Waals surface area contributed by atoms with Crippen LogP contribution in [0.3, 0.4) is 0 Å². The van der Waals surface area contributed by atoms with Gasteiger partial charge in [0.05, 0.1) is 6.20 Å². The molecule has 21 heavy (non-hydrogen) atoms. The number of aryl methyl sites for hydroxylation is 1. The number of aromatic nitrogens is 1. The second-order valence-electron chi connectivity index (χ2n) is 4.89. The number of rotatable bonds is 7. The van der Waals surface area contributed by atoms with Crippen LogP contribution in [0.15, 0.2) is 42.6 Å². The molecule has 0 spiro atoms. The van der Waals surface area contributed by atoms with E-state index in [0.29, 0.717) is 12.4 Å². The summed E-state index contributed by atoms with van der Waals surface area (Å²) in [6.45, 7) is 2.63. The lowest BCUT2D eigenvalue weighted by atomic mass is 10.1. The van der Waals surface area contributed by atoms with Crippen LogP contribution in [-0.2, 0) is 13.0 Å². The highest BCUT2D eigenvalue weighted by molar-refractivity contribution is 5.85. The van der Waals surface area contributed by atoms with E-state index in [-0.39, 0.29) is 5.69 Å².